The Morgan fingerprint density at radius 3 is 2.65 bits per heavy atom. The third kappa shape index (κ3) is 3.34. The largest absolute Gasteiger partial charge is 0.487 e. The van der Waals surface area contributed by atoms with Gasteiger partial charge in [-0.15, -0.1) is 5.10 Å². The molecule has 23 heavy (non-hydrogen) atoms. The minimum Gasteiger partial charge on any atom is -0.487 e. The topological polar surface area (TPSA) is 103 Å². The molecule has 0 bridgehead atoms. The van der Waals surface area contributed by atoms with Crippen LogP contribution < -0.4 is 10.5 Å². The normalized spacial score (nSPS) is 10.5. The van der Waals surface area contributed by atoms with Gasteiger partial charge in [0.05, 0.1) is 0 Å². The van der Waals surface area contributed by atoms with Gasteiger partial charge in [0, 0.05) is 5.56 Å². The van der Waals surface area contributed by atoms with Gasteiger partial charge >= 0.3 is 0 Å². The number of aryl methyl sites for hydroxylation is 1. The Morgan fingerprint density at radius 1 is 1.22 bits per heavy atom. The average molecular weight is 308 g/mol. The lowest BCUT2D eigenvalue weighted by atomic mass is 10.1. The predicted octanol–water partition coefficient (Wildman–Crippen LogP) is 1.83. The first kappa shape index (κ1) is 14.7. The van der Waals surface area contributed by atoms with Crippen LogP contribution >= 0.6 is 0 Å². The lowest BCUT2D eigenvalue weighted by molar-refractivity contribution is 0.304. The number of aromatic nitrogens is 4. The summed E-state index contributed by atoms with van der Waals surface area (Å²) in [6, 6.07) is 13.4. The lowest BCUT2D eigenvalue weighted by Gasteiger charge is -2.12. The molecule has 1 heterocycles. The molecule has 0 aliphatic rings. The minimum atomic E-state index is -0.0237. The van der Waals surface area contributed by atoms with Crippen LogP contribution in [-0.4, -0.2) is 26.0 Å². The number of hydrogen-bond acceptors (Lipinski definition) is 5. The molecule has 0 fully saturated rings. The summed E-state index contributed by atoms with van der Waals surface area (Å²) in [5.74, 6) is 0.590. The van der Waals surface area contributed by atoms with Crippen molar-refractivity contribution in [1.82, 2.24) is 20.2 Å². The minimum absolute atomic E-state index is 0.0237. The molecule has 1 aromatic heterocycles. The zero-order valence-electron chi connectivity index (χ0n) is 12.6. The van der Waals surface area contributed by atoms with Crippen molar-refractivity contribution >= 4 is 5.84 Å². The number of ether oxygens (including phenoxy) is 1. The number of nitrogens with one attached hydrogen (secondary N) is 1. The number of benzene rings is 2. The second-order valence-electron chi connectivity index (χ2n) is 5.12. The first-order valence-corrected chi connectivity index (χ1v) is 7.03. The fourth-order valence-corrected chi connectivity index (χ4v) is 2.10. The third-order valence-corrected chi connectivity index (χ3v) is 3.38. The van der Waals surface area contributed by atoms with Crippen LogP contribution in [0.2, 0.25) is 0 Å². The van der Waals surface area contributed by atoms with E-state index in [1.165, 1.54) is 16.6 Å². The first-order valence-electron chi connectivity index (χ1n) is 7.03. The molecule has 0 saturated heterocycles. The van der Waals surface area contributed by atoms with Crippen molar-refractivity contribution in [2.45, 2.75) is 13.5 Å². The van der Waals surface area contributed by atoms with Crippen molar-refractivity contribution in [2.24, 2.45) is 5.73 Å². The Kier molecular flexibility index (Phi) is 4.01. The van der Waals surface area contributed by atoms with Gasteiger partial charge < -0.3 is 10.5 Å². The Bertz CT molecular complexity index is 811. The highest BCUT2D eigenvalue weighted by molar-refractivity contribution is 5.95. The molecule has 7 heteroatoms. The smallest absolute Gasteiger partial charge is 0.145 e. The third-order valence-electron chi connectivity index (χ3n) is 3.38. The van der Waals surface area contributed by atoms with Crippen LogP contribution in [0, 0.1) is 12.3 Å². The van der Waals surface area contributed by atoms with E-state index in [1.54, 1.807) is 18.2 Å². The molecular formula is C16H16N6O. The molecule has 0 amide bonds. The molecule has 3 aromatic rings. The summed E-state index contributed by atoms with van der Waals surface area (Å²) in [7, 11) is 0. The summed E-state index contributed by atoms with van der Waals surface area (Å²) in [4.78, 5) is 0. The van der Waals surface area contributed by atoms with E-state index in [0.29, 0.717) is 23.6 Å². The fraction of sp³-hybridized carbons (Fsp3) is 0.125. The summed E-state index contributed by atoms with van der Waals surface area (Å²) in [6.07, 6.45) is 1.47. The Labute approximate surface area is 133 Å². The fourth-order valence-electron chi connectivity index (χ4n) is 2.10. The molecule has 0 saturated carbocycles. The van der Waals surface area contributed by atoms with Crippen LogP contribution in [0.1, 0.15) is 16.7 Å². The van der Waals surface area contributed by atoms with Gasteiger partial charge in [-0.05, 0) is 41.1 Å². The summed E-state index contributed by atoms with van der Waals surface area (Å²) in [5.41, 5.74) is 9.03. The lowest BCUT2D eigenvalue weighted by Crippen LogP contribution is -2.12. The van der Waals surface area contributed by atoms with Crippen LogP contribution in [0.5, 0.6) is 5.75 Å². The van der Waals surface area contributed by atoms with Crippen LogP contribution in [0.25, 0.3) is 5.69 Å². The van der Waals surface area contributed by atoms with E-state index in [2.05, 4.69) is 15.5 Å². The van der Waals surface area contributed by atoms with Gasteiger partial charge in [0.25, 0.3) is 0 Å². The van der Waals surface area contributed by atoms with Crippen LogP contribution in [0.3, 0.4) is 0 Å². The number of hydrogen-bond donors (Lipinski definition) is 2. The van der Waals surface area contributed by atoms with E-state index in [9.17, 15) is 0 Å². The van der Waals surface area contributed by atoms with Crippen molar-refractivity contribution < 1.29 is 4.74 Å². The maximum absolute atomic E-state index is 7.56. The number of amidine groups is 1. The zero-order chi connectivity index (χ0) is 16.2. The molecule has 0 radical (unpaired) electrons. The van der Waals surface area contributed by atoms with E-state index in [-0.39, 0.29) is 5.84 Å². The maximum atomic E-state index is 7.56. The molecule has 0 atom stereocenters. The van der Waals surface area contributed by atoms with E-state index >= 15 is 0 Å². The average Bonchev–Trinajstić information content (AvgIpc) is 3.08. The van der Waals surface area contributed by atoms with Crippen molar-refractivity contribution in [3.05, 3.63) is 65.5 Å². The van der Waals surface area contributed by atoms with Gasteiger partial charge in [-0.3, -0.25) is 5.41 Å². The zero-order valence-corrected chi connectivity index (χ0v) is 12.6. The molecule has 0 spiro atoms. The highest BCUT2D eigenvalue weighted by Crippen LogP contribution is 2.24. The van der Waals surface area contributed by atoms with Crippen molar-refractivity contribution in [2.75, 3.05) is 0 Å². The Hall–Kier alpha value is -3.22. The number of tetrazole rings is 1. The summed E-state index contributed by atoms with van der Waals surface area (Å²) < 4.78 is 7.38. The first-order chi connectivity index (χ1) is 11.1. The standard InChI is InChI=1S/C16H16N6O/c1-11-2-4-12(5-3-11)9-23-15-7-6-13(16(17)18)8-14(15)22-10-19-20-21-22/h2-8,10H,9H2,1H3,(H3,17,18). The van der Waals surface area contributed by atoms with Crippen LogP contribution in [0.4, 0.5) is 0 Å². The van der Waals surface area contributed by atoms with Gasteiger partial charge in [0.15, 0.2) is 0 Å². The van der Waals surface area contributed by atoms with E-state index in [4.69, 9.17) is 15.9 Å². The van der Waals surface area contributed by atoms with Gasteiger partial charge in [0.2, 0.25) is 0 Å². The monoisotopic (exact) mass is 308 g/mol. The summed E-state index contributed by atoms with van der Waals surface area (Å²) in [6.45, 7) is 2.47. The molecule has 3 rings (SSSR count). The molecule has 0 unspecified atom stereocenters. The van der Waals surface area contributed by atoms with Crippen molar-refractivity contribution in [3.8, 4) is 11.4 Å². The van der Waals surface area contributed by atoms with Gasteiger partial charge in [-0.1, -0.05) is 29.8 Å². The van der Waals surface area contributed by atoms with Crippen LogP contribution in [-0.2, 0) is 6.61 Å². The molecule has 2 aromatic carbocycles. The van der Waals surface area contributed by atoms with Crippen molar-refractivity contribution in [1.29, 1.82) is 5.41 Å². The predicted molar refractivity (Wildman–Crippen MR) is 85.7 cm³/mol. The molecule has 0 aliphatic carbocycles. The second-order valence-corrected chi connectivity index (χ2v) is 5.12. The van der Waals surface area contributed by atoms with E-state index < -0.39 is 0 Å². The molecule has 3 N–H and O–H groups in total. The van der Waals surface area contributed by atoms with Crippen molar-refractivity contribution in [3.63, 3.8) is 0 Å². The molecule has 116 valence electrons. The second kappa shape index (κ2) is 6.27. The van der Waals surface area contributed by atoms with E-state index in [1.807, 2.05) is 31.2 Å². The number of nitrogens with zero attached hydrogens (tertiary/aromatic N) is 4. The summed E-state index contributed by atoms with van der Waals surface area (Å²) >= 11 is 0. The Balaban J connectivity index is 1.88. The molecule has 7 nitrogen and oxygen atoms in total. The SMILES string of the molecule is Cc1ccc(COc2ccc(C(=N)N)cc2-n2cnnn2)cc1. The summed E-state index contributed by atoms with van der Waals surface area (Å²) in [5, 5.41) is 18.7. The van der Waals surface area contributed by atoms with E-state index in [0.717, 1.165) is 5.56 Å². The number of nitrogen functional groups attached to an aromatic ring is 1. The quantitative estimate of drug-likeness (QED) is 0.553. The molecular weight excluding hydrogens is 292 g/mol. The highest BCUT2D eigenvalue weighted by Gasteiger charge is 2.10. The highest BCUT2D eigenvalue weighted by atomic mass is 16.5. The van der Waals surface area contributed by atoms with Gasteiger partial charge in [-0.2, -0.15) is 4.68 Å². The molecule has 0 aliphatic heterocycles. The number of nitrogens with two attached hydrogens (primary N) is 1. The Morgan fingerprint density at radius 2 is 2.00 bits per heavy atom. The van der Waals surface area contributed by atoms with Gasteiger partial charge in [-0.25, -0.2) is 0 Å². The van der Waals surface area contributed by atoms with Crippen LogP contribution in [0.15, 0.2) is 48.8 Å². The maximum Gasteiger partial charge on any atom is 0.145 e. The number of rotatable bonds is 5. The van der Waals surface area contributed by atoms with Gasteiger partial charge in [0.1, 0.15) is 30.2 Å².